The Hall–Kier alpha value is -0.530. The molecule has 0 spiro atoms. The van der Waals surface area contributed by atoms with Gasteiger partial charge in [-0.1, -0.05) is 6.92 Å². The molecule has 0 bridgehead atoms. The fourth-order valence-electron chi connectivity index (χ4n) is 0.638. The maximum Gasteiger partial charge on any atom is 0.306 e. The molecule has 1 fully saturated rings. The summed E-state index contributed by atoms with van der Waals surface area (Å²) in [5.41, 5.74) is 0. The molecule has 0 aliphatic carbocycles. The van der Waals surface area contributed by atoms with Gasteiger partial charge in [-0.15, -0.1) is 0 Å². The van der Waals surface area contributed by atoms with Gasteiger partial charge in [0.05, 0.1) is 13.0 Å². The van der Waals surface area contributed by atoms with Crippen molar-refractivity contribution in [3.63, 3.8) is 0 Å². The number of cyclic esters (lactones) is 1. The molecule has 0 aromatic heterocycles. The monoisotopic (exact) mass is 100 g/mol. The first-order valence-electron chi connectivity index (χ1n) is 2.44. The van der Waals surface area contributed by atoms with Gasteiger partial charge < -0.3 is 4.74 Å². The molecule has 1 heterocycles. The van der Waals surface area contributed by atoms with Gasteiger partial charge in [0, 0.05) is 5.92 Å². The lowest BCUT2D eigenvalue weighted by Gasteiger charge is -1.87. The molecule has 1 atom stereocenters. The summed E-state index contributed by atoms with van der Waals surface area (Å²) in [4.78, 5) is 10.2. The molecule has 0 saturated carbocycles. The second kappa shape index (κ2) is 1.52. The molecule has 40 valence electrons. The number of carbonyl (C=O) groups is 1. The molecular formula is C5H8O2. The Morgan fingerprint density at radius 2 is 2.57 bits per heavy atom. The summed E-state index contributed by atoms with van der Waals surface area (Å²) in [6.45, 7) is 2.63. The average molecular weight is 100 g/mol. The van der Waals surface area contributed by atoms with E-state index in [1.54, 1.807) is 0 Å². The number of esters is 1. The summed E-state index contributed by atoms with van der Waals surface area (Å²) in [5, 5.41) is 0. The van der Waals surface area contributed by atoms with Crippen LogP contribution in [0.1, 0.15) is 13.3 Å². The van der Waals surface area contributed by atoms with E-state index in [4.69, 9.17) is 0 Å². The lowest BCUT2D eigenvalue weighted by molar-refractivity contribution is -0.137. The van der Waals surface area contributed by atoms with E-state index >= 15 is 0 Å². The maximum atomic E-state index is 10.2. The van der Waals surface area contributed by atoms with Crippen LogP contribution >= 0.6 is 0 Å². The Morgan fingerprint density at radius 3 is 2.71 bits per heavy atom. The van der Waals surface area contributed by atoms with Gasteiger partial charge >= 0.3 is 5.97 Å². The summed E-state index contributed by atoms with van der Waals surface area (Å²) in [5.74, 6) is 0.403. The third-order valence-electron chi connectivity index (χ3n) is 1.04. The predicted octanol–water partition coefficient (Wildman–Crippen LogP) is 0.569. The molecule has 2 heteroatoms. The zero-order valence-electron chi connectivity index (χ0n) is 4.31. The van der Waals surface area contributed by atoms with Crippen molar-refractivity contribution in [2.75, 3.05) is 6.61 Å². The van der Waals surface area contributed by atoms with Crippen molar-refractivity contribution < 1.29 is 9.53 Å². The van der Waals surface area contributed by atoms with E-state index in [0.29, 0.717) is 18.9 Å². The zero-order chi connectivity index (χ0) is 5.28. The van der Waals surface area contributed by atoms with Gasteiger partial charge in [-0.25, -0.2) is 0 Å². The van der Waals surface area contributed by atoms with Crippen molar-refractivity contribution >= 4 is 5.97 Å². The molecule has 1 aliphatic rings. The van der Waals surface area contributed by atoms with Crippen LogP contribution in [0.4, 0.5) is 0 Å². The van der Waals surface area contributed by atoms with Gasteiger partial charge in [0.15, 0.2) is 0 Å². The SMILES string of the molecule is C[C@H]1COC(=O)C1. The first kappa shape index (κ1) is 4.62. The van der Waals surface area contributed by atoms with Gasteiger partial charge in [-0.05, 0) is 0 Å². The number of ether oxygens (including phenoxy) is 1. The molecular weight excluding hydrogens is 92.1 g/mol. The molecule has 0 N–H and O–H groups in total. The van der Waals surface area contributed by atoms with Crippen LogP contribution in [-0.2, 0) is 9.53 Å². The van der Waals surface area contributed by atoms with E-state index in [1.807, 2.05) is 6.92 Å². The van der Waals surface area contributed by atoms with Crippen LogP contribution in [0, 0.1) is 5.92 Å². The van der Waals surface area contributed by atoms with Gasteiger partial charge in [-0.3, -0.25) is 4.79 Å². The third kappa shape index (κ3) is 0.918. The molecule has 1 aliphatic heterocycles. The topological polar surface area (TPSA) is 26.3 Å². The van der Waals surface area contributed by atoms with E-state index in [2.05, 4.69) is 4.74 Å². The van der Waals surface area contributed by atoms with Crippen LogP contribution in [0.2, 0.25) is 0 Å². The zero-order valence-corrected chi connectivity index (χ0v) is 4.31. The molecule has 1 saturated heterocycles. The summed E-state index contributed by atoms with van der Waals surface area (Å²) in [7, 11) is 0. The van der Waals surface area contributed by atoms with Crippen LogP contribution in [0.3, 0.4) is 0 Å². The second-order valence-corrected chi connectivity index (χ2v) is 1.99. The first-order valence-corrected chi connectivity index (χ1v) is 2.44. The van der Waals surface area contributed by atoms with Gasteiger partial charge in [-0.2, -0.15) is 0 Å². The Bertz CT molecular complexity index is 88.1. The minimum absolute atomic E-state index is 0.0486. The van der Waals surface area contributed by atoms with E-state index in [-0.39, 0.29) is 5.97 Å². The van der Waals surface area contributed by atoms with Crippen molar-refractivity contribution in [1.29, 1.82) is 0 Å². The Labute approximate surface area is 42.5 Å². The van der Waals surface area contributed by atoms with Gasteiger partial charge in [0.2, 0.25) is 0 Å². The highest BCUT2D eigenvalue weighted by Gasteiger charge is 2.18. The first-order chi connectivity index (χ1) is 3.29. The third-order valence-corrected chi connectivity index (χ3v) is 1.04. The van der Waals surface area contributed by atoms with Crippen molar-refractivity contribution in [2.45, 2.75) is 13.3 Å². The van der Waals surface area contributed by atoms with Crippen LogP contribution < -0.4 is 0 Å². The summed E-state index contributed by atoms with van der Waals surface area (Å²) in [6, 6.07) is 0. The Morgan fingerprint density at radius 1 is 1.86 bits per heavy atom. The standard InChI is InChI=1S/C5H8O2/c1-4-2-5(6)7-3-4/h4H,2-3H2,1H3/t4-/m1/s1. The number of carbonyl (C=O) groups excluding carboxylic acids is 1. The predicted molar refractivity (Wildman–Crippen MR) is 24.7 cm³/mol. The van der Waals surface area contributed by atoms with E-state index in [1.165, 1.54) is 0 Å². The summed E-state index contributed by atoms with van der Waals surface area (Å²) >= 11 is 0. The lowest BCUT2D eigenvalue weighted by Crippen LogP contribution is -1.88. The van der Waals surface area contributed by atoms with Crippen LogP contribution in [0.15, 0.2) is 0 Å². The number of rotatable bonds is 0. The average Bonchev–Trinajstić information content (AvgIpc) is 1.87. The fourth-order valence-corrected chi connectivity index (χ4v) is 0.638. The highest BCUT2D eigenvalue weighted by atomic mass is 16.5. The molecule has 1 rings (SSSR count). The minimum atomic E-state index is -0.0486. The maximum absolute atomic E-state index is 10.2. The van der Waals surface area contributed by atoms with Gasteiger partial charge in [0.25, 0.3) is 0 Å². The number of hydrogen-bond donors (Lipinski definition) is 0. The highest BCUT2D eigenvalue weighted by Crippen LogP contribution is 2.11. The number of hydrogen-bond acceptors (Lipinski definition) is 2. The van der Waals surface area contributed by atoms with Crippen LogP contribution in [-0.4, -0.2) is 12.6 Å². The molecule has 0 radical (unpaired) electrons. The summed E-state index contributed by atoms with van der Waals surface area (Å²) in [6.07, 6.45) is 0.611. The second-order valence-electron chi connectivity index (χ2n) is 1.99. The van der Waals surface area contributed by atoms with E-state index in [9.17, 15) is 4.79 Å². The van der Waals surface area contributed by atoms with Crippen LogP contribution in [0.25, 0.3) is 0 Å². The lowest BCUT2D eigenvalue weighted by atomic mass is 10.2. The van der Waals surface area contributed by atoms with Crippen molar-refractivity contribution in [1.82, 2.24) is 0 Å². The van der Waals surface area contributed by atoms with E-state index in [0.717, 1.165) is 0 Å². The normalized spacial score (nSPS) is 30.4. The molecule has 0 aromatic carbocycles. The van der Waals surface area contributed by atoms with E-state index < -0.39 is 0 Å². The molecule has 2 nitrogen and oxygen atoms in total. The molecule has 0 aromatic rings. The smallest absolute Gasteiger partial charge is 0.306 e. The minimum Gasteiger partial charge on any atom is -0.465 e. The van der Waals surface area contributed by atoms with Crippen molar-refractivity contribution in [3.8, 4) is 0 Å². The van der Waals surface area contributed by atoms with Crippen molar-refractivity contribution in [3.05, 3.63) is 0 Å². The van der Waals surface area contributed by atoms with Gasteiger partial charge in [0.1, 0.15) is 0 Å². The molecule has 7 heavy (non-hydrogen) atoms. The van der Waals surface area contributed by atoms with Crippen LogP contribution in [0.5, 0.6) is 0 Å². The molecule has 0 unspecified atom stereocenters. The molecule has 0 amide bonds. The largest absolute Gasteiger partial charge is 0.465 e. The summed E-state index contributed by atoms with van der Waals surface area (Å²) < 4.78 is 4.63. The quantitative estimate of drug-likeness (QED) is 0.416. The van der Waals surface area contributed by atoms with Crippen molar-refractivity contribution in [2.24, 2.45) is 5.92 Å². The highest BCUT2D eigenvalue weighted by molar-refractivity contribution is 5.71. The Balaban J connectivity index is 2.40. The Kier molecular flexibility index (Phi) is 1.01. The fraction of sp³-hybridized carbons (Fsp3) is 0.800.